The van der Waals surface area contributed by atoms with Gasteiger partial charge in [0.15, 0.2) is 0 Å². The standard InChI is InChI=1S/C110H66N4/c1-3-27-75(28-4-1)113-103-45-17-15-43-101(103)111-109(113)69-51-47-67(48-52-69)105-77-31-11-7-23-71(77)63-97-85-39-21-41-91(89(85)57-59-93(97)105)107-79-33-13-9-25-73(79)65-99-83-37-19-35-81(87(83)55-61-95(99)107)82-36-20-38-84-88(82)56-62-96-100(84)66-74-26-10-14-34-80(74)108(96)92-42-22-40-86-90(92)58-60-94-98(86)64-72-24-8-12-32-78(72)106(94)68-49-53-70(54-50-68)110-112-102-44-16-18-46-104(102)114(110)76-29-5-2-6-30-76/h1-66H. The van der Waals surface area contributed by atoms with Gasteiger partial charge in [0, 0.05) is 22.5 Å². The number of para-hydroxylation sites is 6. The molecule has 0 saturated heterocycles. The van der Waals surface area contributed by atoms with Gasteiger partial charge in [-0.1, -0.05) is 328 Å². The Kier molecular flexibility index (Phi) is 14.1. The Hall–Kier alpha value is -15.1. The number of hydrogen-bond acceptors (Lipinski definition) is 2. The van der Waals surface area contributed by atoms with Crippen LogP contribution in [0.3, 0.4) is 0 Å². The van der Waals surface area contributed by atoms with Crippen LogP contribution in [0.5, 0.6) is 0 Å². The van der Waals surface area contributed by atoms with Crippen molar-refractivity contribution in [3.8, 4) is 89.8 Å². The van der Waals surface area contributed by atoms with Crippen molar-refractivity contribution >= 4 is 151 Å². The van der Waals surface area contributed by atoms with E-state index in [9.17, 15) is 0 Å². The number of benzene rings is 22. The van der Waals surface area contributed by atoms with E-state index < -0.39 is 0 Å². The fourth-order valence-electron chi connectivity index (χ4n) is 19.4. The van der Waals surface area contributed by atoms with E-state index in [0.717, 1.165) is 56.2 Å². The molecule has 0 saturated carbocycles. The van der Waals surface area contributed by atoms with Crippen molar-refractivity contribution in [3.05, 3.63) is 400 Å². The molecule has 0 amide bonds. The molecule has 24 rings (SSSR count). The molecule has 0 bridgehead atoms. The average Bonchev–Trinajstić information content (AvgIpc) is 1.16. The zero-order valence-corrected chi connectivity index (χ0v) is 61.9. The maximum atomic E-state index is 5.23. The maximum absolute atomic E-state index is 5.23. The van der Waals surface area contributed by atoms with E-state index >= 15 is 0 Å². The summed E-state index contributed by atoms with van der Waals surface area (Å²) < 4.78 is 4.56. The predicted octanol–water partition coefficient (Wildman–Crippen LogP) is 29.9. The first-order chi connectivity index (χ1) is 56.6. The van der Waals surface area contributed by atoms with E-state index in [1.54, 1.807) is 0 Å². The van der Waals surface area contributed by atoms with Crippen LogP contribution in [0.15, 0.2) is 400 Å². The summed E-state index contributed by atoms with van der Waals surface area (Å²) in [6.07, 6.45) is 0. The summed E-state index contributed by atoms with van der Waals surface area (Å²) in [4.78, 5) is 10.5. The van der Waals surface area contributed by atoms with Crippen molar-refractivity contribution in [2.45, 2.75) is 0 Å². The fraction of sp³-hybridized carbons (Fsp3) is 0. The molecule has 114 heavy (non-hydrogen) atoms. The molecule has 4 nitrogen and oxygen atoms in total. The number of nitrogens with zero attached hydrogens (tertiary/aromatic N) is 4. The second-order valence-electron chi connectivity index (χ2n) is 30.5. The highest BCUT2D eigenvalue weighted by Gasteiger charge is 2.25. The van der Waals surface area contributed by atoms with Gasteiger partial charge in [-0.05, 0) is 258 Å². The number of imidazole rings is 2. The lowest BCUT2D eigenvalue weighted by Gasteiger charge is -2.19. The summed E-state index contributed by atoms with van der Waals surface area (Å²) in [6.45, 7) is 0. The molecule has 0 radical (unpaired) electrons. The van der Waals surface area contributed by atoms with Gasteiger partial charge in [-0.2, -0.15) is 0 Å². The topological polar surface area (TPSA) is 35.6 Å². The van der Waals surface area contributed by atoms with Gasteiger partial charge in [-0.25, -0.2) is 9.97 Å². The van der Waals surface area contributed by atoms with Crippen LogP contribution in [0.25, 0.3) is 241 Å². The molecule has 0 spiro atoms. The second kappa shape index (κ2) is 25.2. The Morgan fingerprint density at radius 3 is 0.781 bits per heavy atom. The number of rotatable bonds is 9. The SMILES string of the molecule is c1ccc(-n2c(-c3ccc(-c4c5ccccc5cc5c4ccc4c(-c6c7ccccc7cc7c6ccc6c(-c8cccc9c8ccc8c(-c%10cccc%11c%10ccc%10c(-c%12ccc(-c%13nc%14ccccc%14n%13-c%13ccccc%13)cc%12)c%12ccccc%12cc%10%11)c%10ccccc%10cc89)cccc67)cccc45)cc3)nc3ccccc32)cc1. The van der Waals surface area contributed by atoms with Crippen LogP contribution in [0.2, 0.25) is 0 Å². The molecule has 0 aliphatic carbocycles. The third-order valence-electron chi connectivity index (χ3n) is 24.5. The van der Waals surface area contributed by atoms with E-state index in [2.05, 4.69) is 410 Å². The third kappa shape index (κ3) is 9.71. The van der Waals surface area contributed by atoms with Crippen LogP contribution in [-0.4, -0.2) is 19.1 Å². The summed E-state index contributed by atoms with van der Waals surface area (Å²) in [5, 5.41) is 29.4. The van der Waals surface area contributed by atoms with Gasteiger partial charge in [-0.3, -0.25) is 9.13 Å². The Morgan fingerprint density at radius 2 is 0.421 bits per heavy atom. The van der Waals surface area contributed by atoms with E-state index in [1.165, 1.54) is 185 Å². The van der Waals surface area contributed by atoms with E-state index in [4.69, 9.17) is 9.97 Å². The highest BCUT2D eigenvalue weighted by molar-refractivity contribution is 6.30. The van der Waals surface area contributed by atoms with Crippen LogP contribution in [-0.2, 0) is 0 Å². The molecule has 526 valence electrons. The Balaban J connectivity index is 0.625. The molecule has 0 unspecified atom stereocenters. The lowest BCUT2D eigenvalue weighted by Crippen LogP contribution is -1.97. The van der Waals surface area contributed by atoms with Gasteiger partial charge >= 0.3 is 0 Å². The van der Waals surface area contributed by atoms with Gasteiger partial charge in [0.1, 0.15) is 11.6 Å². The van der Waals surface area contributed by atoms with Gasteiger partial charge in [0.05, 0.1) is 22.1 Å². The highest BCUT2D eigenvalue weighted by Crippen LogP contribution is 2.51. The lowest BCUT2D eigenvalue weighted by atomic mass is 9.84. The second-order valence-corrected chi connectivity index (χ2v) is 30.5. The van der Waals surface area contributed by atoms with E-state index in [0.29, 0.717) is 0 Å². The molecule has 24 aromatic rings. The quantitative estimate of drug-likeness (QED) is 0.107. The minimum absolute atomic E-state index is 0.920. The van der Waals surface area contributed by atoms with Crippen LogP contribution in [0.1, 0.15) is 0 Å². The van der Waals surface area contributed by atoms with Crippen molar-refractivity contribution in [2.24, 2.45) is 0 Å². The summed E-state index contributed by atoms with van der Waals surface area (Å²) in [7, 11) is 0. The number of aromatic nitrogens is 4. The first kappa shape index (κ1) is 63.8. The van der Waals surface area contributed by atoms with Gasteiger partial charge < -0.3 is 0 Å². The van der Waals surface area contributed by atoms with Crippen LogP contribution < -0.4 is 0 Å². The smallest absolute Gasteiger partial charge is 0.145 e. The molecule has 0 aliphatic rings. The minimum atomic E-state index is 0.920. The monoisotopic (exact) mass is 1440 g/mol. The Bertz CT molecular complexity index is 7710. The molecular formula is C110H66N4. The minimum Gasteiger partial charge on any atom is -0.292 e. The summed E-state index contributed by atoms with van der Waals surface area (Å²) >= 11 is 0. The van der Waals surface area contributed by atoms with E-state index in [-0.39, 0.29) is 0 Å². The van der Waals surface area contributed by atoms with Crippen LogP contribution in [0.4, 0.5) is 0 Å². The van der Waals surface area contributed by atoms with Crippen molar-refractivity contribution in [2.75, 3.05) is 0 Å². The summed E-state index contributed by atoms with van der Waals surface area (Å²) in [6, 6.07) is 149. The number of hydrogen-bond donors (Lipinski definition) is 0. The maximum Gasteiger partial charge on any atom is 0.145 e. The molecule has 0 aliphatic heterocycles. The van der Waals surface area contributed by atoms with E-state index in [1.807, 2.05) is 0 Å². The van der Waals surface area contributed by atoms with Gasteiger partial charge in [-0.15, -0.1) is 0 Å². The largest absolute Gasteiger partial charge is 0.292 e. The highest BCUT2D eigenvalue weighted by atomic mass is 15.1. The zero-order valence-electron chi connectivity index (χ0n) is 61.9. The van der Waals surface area contributed by atoms with Crippen LogP contribution >= 0.6 is 0 Å². The Labute approximate surface area is 656 Å². The van der Waals surface area contributed by atoms with Crippen molar-refractivity contribution in [1.29, 1.82) is 0 Å². The normalized spacial score (nSPS) is 12.0. The third-order valence-corrected chi connectivity index (χ3v) is 24.5. The predicted molar refractivity (Wildman–Crippen MR) is 484 cm³/mol. The lowest BCUT2D eigenvalue weighted by molar-refractivity contribution is 1.10. The number of fused-ring (bicyclic) bond motifs is 18. The fourth-order valence-corrected chi connectivity index (χ4v) is 19.4. The first-order valence-electron chi connectivity index (χ1n) is 39.3. The molecule has 22 aromatic carbocycles. The summed E-state index contributed by atoms with van der Waals surface area (Å²) in [5.41, 5.74) is 20.5. The zero-order chi connectivity index (χ0) is 74.6. The molecule has 0 fully saturated rings. The average molecular weight is 1440 g/mol. The molecule has 2 aromatic heterocycles. The van der Waals surface area contributed by atoms with Gasteiger partial charge in [0.25, 0.3) is 0 Å². The Morgan fingerprint density at radius 1 is 0.158 bits per heavy atom. The van der Waals surface area contributed by atoms with Crippen molar-refractivity contribution in [3.63, 3.8) is 0 Å². The molecule has 4 heteroatoms. The summed E-state index contributed by atoms with van der Waals surface area (Å²) in [5.74, 6) is 1.84. The first-order valence-corrected chi connectivity index (χ1v) is 39.3. The van der Waals surface area contributed by atoms with Crippen LogP contribution in [0, 0.1) is 0 Å². The molecular weight excluding hydrogens is 1380 g/mol. The van der Waals surface area contributed by atoms with Crippen molar-refractivity contribution < 1.29 is 0 Å². The molecule has 0 N–H and O–H groups in total. The molecule has 0 atom stereocenters. The van der Waals surface area contributed by atoms with Gasteiger partial charge in [0.2, 0.25) is 0 Å². The molecule has 2 heterocycles. The van der Waals surface area contributed by atoms with Crippen molar-refractivity contribution in [1.82, 2.24) is 19.1 Å².